The Balaban J connectivity index is 1.42. The summed E-state index contributed by atoms with van der Waals surface area (Å²) in [6.07, 6.45) is 2.44. The number of aromatic nitrogens is 5. The van der Waals surface area contributed by atoms with Gasteiger partial charge >= 0.3 is 6.18 Å². The third-order valence-electron chi connectivity index (χ3n) is 5.45. The topological polar surface area (TPSA) is 101 Å². The van der Waals surface area contributed by atoms with E-state index in [0.717, 1.165) is 11.6 Å². The first-order valence-corrected chi connectivity index (χ1v) is 10.9. The highest BCUT2D eigenvalue weighted by molar-refractivity contribution is 6.02. The second-order valence-electron chi connectivity index (χ2n) is 8.29. The van der Waals surface area contributed by atoms with E-state index in [1.54, 1.807) is 23.3 Å². The molecule has 2 N–H and O–H groups in total. The Morgan fingerprint density at radius 1 is 1.15 bits per heavy atom. The molecular formula is C22H25F3N8O. The fourth-order valence-corrected chi connectivity index (χ4v) is 3.86. The van der Waals surface area contributed by atoms with Crippen molar-refractivity contribution in [3.8, 4) is 0 Å². The minimum Gasteiger partial charge on any atom is -0.350 e. The molecule has 0 spiro atoms. The van der Waals surface area contributed by atoms with Crippen LogP contribution >= 0.6 is 0 Å². The summed E-state index contributed by atoms with van der Waals surface area (Å²) in [7, 11) is 0. The number of pyridine rings is 1. The molecule has 4 heterocycles. The number of nitrogens with zero attached hydrogens (tertiary/aromatic N) is 6. The maximum Gasteiger partial charge on any atom is 0.433 e. The highest BCUT2D eigenvalue weighted by Gasteiger charge is 2.35. The first-order valence-electron chi connectivity index (χ1n) is 10.9. The zero-order chi connectivity index (χ0) is 24.5. The lowest BCUT2D eigenvalue weighted by Gasteiger charge is -2.39. The van der Waals surface area contributed by atoms with Gasteiger partial charge in [0.05, 0.1) is 18.9 Å². The lowest BCUT2D eigenvalue weighted by atomic mass is 10.1. The molecule has 0 bridgehead atoms. The Kier molecular flexibility index (Phi) is 6.40. The van der Waals surface area contributed by atoms with Gasteiger partial charge in [0, 0.05) is 30.5 Å². The van der Waals surface area contributed by atoms with Crippen molar-refractivity contribution < 1.29 is 18.0 Å². The number of hydrogen-bond donors (Lipinski definition) is 2. The van der Waals surface area contributed by atoms with E-state index in [2.05, 4.69) is 30.7 Å². The molecule has 9 nitrogen and oxygen atoms in total. The first-order chi connectivity index (χ1) is 16.2. The van der Waals surface area contributed by atoms with Crippen molar-refractivity contribution in [1.29, 1.82) is 0 Å². The molecule has 1 aliphatic rings. The average Bonchev–Trinajstić information content (AvgIpc) is 3.23. The van der Waals surface area contributed by atoms with Crippen molar-refractivity contribution in [2.24, 2.45) is 0 Å². The second kappa shape index (κ2) is 9.27. The third-order valence-corrected chi connectivity index (χ3v) is 5.45. The van der Waals surface area contributed by atoms with Crippen molar-refractivity contribution in [1.82, 2.24) is 24.7 Å². The van der Waals surface area contributed by atoms with Crippen LogP contribution in [0.4, 0.5) is 30.6 Å². The molecule has 3 aromatic rings. The SMILES string of the molecule is CC[C@@H]1C(=O)Nc2cnc(NCc3cnn(Cc4ccc(C(F)(F)F)nc4)c3)nc2N1C(C)C. The second-order valence-corrected chi connectivity index (χ2v) is 8.29. The normalized spacial score (nSPS) is 15.9. The Morgan fingerprint density at radius 2 is 1.94 bits per heavy atom. The molecule has 0 radical (unpaired) electrons. The number of rotatable bonds is 7. The quantitative estimate of drug-likeness (QED) is 0.539. The van der Waals surface area contributed by atoms with Crippen LogP contribution in [0.25, 0.3) is 0 Å². The zero-order valence-corrected chi connectivity index (χ0v) is 19.0. The summed E-state index contributed by atoms with van der Waals surface area (Å²) in [6, 6.07) is 2.13. The molecule has 0 unspecified atom stereocenters. The van der Waals surface area contributed by atoms with E-state index >= 15 is 0 Å². The zero-order valence-electron chi connectivity index (χ0n) is 19.0. The minimum absolute atomic E-state index is 0.0660. The smallest absolute Gasteiger partial charge is 0.350 e. The molecule has 4 rings (SSSR count). The van der Waals surface area contributed by atoms with E-state index in [9.17, 15) is 18.0 Å². The van der Waals surface area contributed by atoms with E-state index in [0.29, 0.717) is 42.5 Å². The van der Waals surface area contributed by atoms with Crippen LogP contribution in [0, 0.1) is 0 Å². The summed E-state index contributed by atoms with van der Waals surface area (Å²) in [6.45, 7) is 6.68. The molecule has 0 aliphatic carbocycles. The van der Waals surface area contributed by atoms with E-state index in [-0.39, 0.29) is 18.0 Å². The average molecular weight is 474 g/mol. The lowest BCUT2D eigenvalue weighted by molar-refractivity contribution is -0.141. The fraction of sp³-hybridized carbons (Fsp3) is 0.409. The van der Waals surface area contributed by atoms with Crippen molar-refractivity contribution in [2.45, 2.75) is 58.5 Å². The van der Waals surface area contributed by atoms with Crippen LogP contribution in [0.15, 0.2) is 36.9 Å². The van der Waals surface area contributed by atoms with Crippen molar-refractivity contribution in [2.75, 3.05) is 15.5 Å². The van der Waals surface area contributed by atoms with Crippen LogP contribution in [0.5, 0.6) is 0 Å². The largest absolute Gasteiger partial charge is 0.433 e. The maximum absolute atomic E-state index is 12.7. The van der Waals surface area contributed by atoms with E-state index < -0.39 is 11.9 Å². The van der Waals surface area contributed by atoms with Gasteiger partial charge in [-0.1, -0.05) is 13.0 Å². The summed E-state index contributed by atoms with van der Waals surface area (Å²) >= 11 is 0. The third kappa shape index (κ3) is 4.95. The van der Waals surface area contributed by atoms with Crippen molar-refractivity contribution in [3.63, 3.8) is 0 Å². The van der Waals surface area contributed by atoms with Gasteiger partial charge in [-0.2, -0.15) is 23.3 Å². The van der Waals surface area contributed by atoms with Gasteiger partial charge in [-0.15, -0.1) is 0 Å². The number of fused-ring (bicyclic) bond motifs is 1. The van der Waals surface area contributed by atoms with E-state index in [1.165, 1.54) is 12.3 Å². The number of alkyl halides is 3. The van der Waals surface area contributed by atoms with Crippen LogP contribution in [-0.4, -0.2) is 42.7 Å². The highest BCUT2D eigenvalue weighted by Crippen LogP contribution is 2.33. The number of hydrogen-bond acceptors (Lipinski definition) is 7. The van der Waals surface area contributed by atoms with E-state index in [1.807, 2.05) is 25.7 Å². The van der Waals surface area contributed by atoms with Gasteiger partial charge in [0.25, 0.3) is 0 Å². The van der Waals surface area contributed by atoms with Crippen LogP contribution in [0.2, 0.25) is 0 Å². The summed E-state index contributed by atoms with van der Waals surface area (Å²) < 4.78 is 39.6. The number of carbonyl (C=O) groups excluding carboxylic acids is 1. The number of carbonyl (C=O) groups is 1. The Hall–Kier alpha value is -3.70. The molecule has 12 heteroatoms. The Morgan fingerprint density at radius 3 is 2.59 bits per heavy atom. The minimum atomic E-state index is -4.46. The molecule has 0 aromatic carbocycles. The Bertz CT molecular complexity index is 1160. The predicted octanol–water partition coefficient (Wildman–Crippen LogP) is 3.69. The monoisotopic (exact) mass is 474 g/mol. The van der Waals surface area contributed by atoms with Crippen LogP contribution < -0.4 is 15.5 Å². The molecule has 1 aliphatic heterocycles. The van der Waals surface area contributed by atoms with Crippen LogP contribution in [0.1, 0.15) is 44.0 Å². The summed E-state index contributed by atoms with van der Waals surface area (Å²) in [4.78, 5) is 26.8. The first kappa shape index (κ1) is 23.5. The summed E-state index contributed by atoms with van der Waals surface area (Å²) in [5.74, 6) is 1.02. The molecule has 1 atom stereocenters. The van der Waals surface area contributed by atoms with Gasteiger partial charge < -0.3 is 15.5 Å². The molecular weight excluding hydrogens is 449 g/mol. The molecule has 1 amide bonds. The number of halogens is 3. The van der Waals surface area contributed by atoms with Crippen molar-refractivity contribution in [3.05, 3.63) is 53.7 Å². The highest BCUT2D eigenvalue weighted by atomic mass is 19.4. The molecule has 34 heavy (non-hydrogen) atoms. The number of amides is 1. The number of nitrogens with one attached hydrogen (secondary N) is 2. The number of anilines is 3. The van der Waals surface area contributed by atoms with Crippen LogP contribution in [-0.2, 0) is 24.1 Å². The van der Waals surface area contributed by atoms with Gasteiger partial charge in [-0.05, 0) is 31.9 Å². The molecule has 180 valence electrons. The molecule has 0 fully saturated rings. The lowest BCUT2D eigenvalue weighted by Crippen LogP contribution is -2.51. The van der Waals surface area contributed by atoms with Gasteiger partial charge in [0.2, 0.25) is 11.9 Å². The molecule has 3 aromatic heterocycles. The maximum atomic E-state index is 12.7. The van der Waals surface area contributed by atoms with Gasteiger partial charge in [0.15, 0.2) is 5.82 Å². The van der Waals surface area contributed by atoms with E-state index in [4.69, 9.17) is 0 Å². The Labute approximate surface area is 194 Å². The fourth-order valence-electron chi connectivity index (χ4n) is 3.86. The standard InChI is InChI=1S/C22H25F3N8O/c1-4-17-20(34)30-16-10-28-21(31-19(16)33(17)13(2)3)27-8-15-9-29-32(12-15)11-14-5-6-18(26-7-14)22(23,24)25/h5-7,9-10,12-13,17H,4,8,11H2,1-3H3,(H,30,34)(H,27,28,31)/t17-/m1/s1. The van der Waals surface area contributed by atoms with Gasteiger partial charge in [-0.25, -0.2) is 4.98 Å². The summed E-state index contributed by atoms with van der Waals surface area (Å²) in [5, 5.41) is 10.3. The van der Waals surface area contributed by atoms with Gasteiger partial charge in [-0.3, -0.25) is 14.5 Å². The predicted molar refractivity (Wildman–Crippen MR) is 120 cm³/mol. The van der Waals surface area contributed by atoms with Crippen LogP contribution in [0.3, 0.4) is 0 Å². The summed E-state index contributed by atoms with van der Waals surface area (Å²) in [5.41, 5.74) is 1.11. The van der Waals surface area contributed by atoms with Gasteiger partial charge in [0.1, 0.15) is 17.4 Å². The molecule has 0 saturated carbocycles. The molecule has 0 saturated heterocycles. The van der Waals surface area contributed by atoms with Crippen molar-refractivity contribution >= 4 is 23.4 Å².